The molecule has 2 aromatic rings. The molecule has 8 heteroatoms. The molecule has 3 rings (SSSR count). The van der Waals surface area contributed by atoms with Gasteiger partial charge in [-0.2, -0.15) is 0 Å². The fourth-order valence-corrected chi connectivity index (χ4v) is 4.04. The molecule has 25 heavy (non-hydrogen) atoms. The Labute approximate surface area is 146 Å². The minimum absolute atomic E-state index is 0.0153. The Morgan fingerprint density at radius 3 is 2.64 bits per heavy atom. The molecule has 2 heterocycles. The molecule has 2 N–H and O–H groups in total. The van der Waals surface area contributed by atoms with Crippen molar-refractivity contribution in [2.45, 2.75) is 30.6 Å². The number of rotatable bonds is 5. The first-order chi connectivity index (χ1) is 12.0. The highest BCUT2D eigenvalue weighted by atomic mass is 32.2. The van der Waals surface area contributed by atoms with Gasteiger partial charge in [-0.1, -0.05) is 0 Å². The van der Waals surface area contributed by atoms with Crippen LogP contribution < -0.4 is 10.3 Å². The van der Waals surface area contributed by atoms with Crippen LogP contribution in [0.1, 0.15) is 25.7 Å². The largest absolute Gasteiger partial charge is 0.343 e. The number of carbonyl (C=O) groups is 1. The molecule has 1 amide bonds. The van der Waals surface area contributed by atoms with E-state index >= 15 is 0 Å². The first-order valence-corrected chi connectivity index (χ1v) is 9.84. The number of amides is 1. The van der Waals surface area contributed by atoms with E-state index in [-0.39, 0.29) is 29.3 Å². The van der Waals surface area contributed by atoms with Crippen molar-refractivity contribution in [2.24, 2.45) is 0 Å². The SMILES string of the molecule is O=C(CCNS(=O)(=O)c1ccc2[nH]c(=O)ccc2c1)N1CCCCC1. The van der Waals surface area contributed by atoms with E-state index in [1.807, 2.05) is 0 Å². The number of H-pyrrole nitrogens is 1. The number of carbonyl (C=O) groups excluding carboxylic acids is 1. The van der Waals surface area contributed by atoms with Crippen molar-refractivity contribution in [2.75, 3.05) is 19.6 Å². The molecule has 1 aliphatic heterocycles. The molecule has 1 saturated heterocycles. The van der Waals surface area contributed by atoms with Gasteiger partial charge in [0.2, 0.25) is 21.5 Å². The molecular formula is C17H21N3O4S. The summed E-state index contributed by atoms with van der Waals surface area (Å²) in [6.07, 6.45) is 3.32. The van der Waals surface area contributed by atoms with Crippen LogP contribution in [-0.2, 0) is 14.8 Å². The molecular weight excluding hydrogens is 342 g/mol. The Kier molecular flexibility index (Phi) is 5.19. The Morgan fingerprint density at radius 2 is 1.88 bits per heavy atom. The average molecular weight is 363 g/mol. The predicted octanol–water partition coefficient (Wildman–Crippen LogP) is 1.21. The second kappa shape index (κ2) is 7.37. The number of nitrogens with zero attached hydrogens (tertiary/aromatic N) is 1. The number of nitrogens with one attached hydrogen (secondary N) is 2. The van der Waals surface area contributed by atoms with E-state index in [0.717, 1.165) is 32.4 Å². The zero-order valence-electron chi connectivity index (χ0n) is 13.8. The number of benzene rings is 1. The number of likely N-dealkylation sites (tertiary alicyclic amines) is 1. The summed E-state index contributed by atoms with van der Waals surface area (Å²) in [5.41, 5.74) is 0.337. The number of hydrogen-bond donors (Lipinski definition) is 2. The van der Waals surface area contributed by atoms with Crippen LogP contribution in [0.15, 0.2) is 40.0 Å². The lowest BCUT2D eigenvalue weighted by Crippen LogP contribution is -2.37. The number of piperidine rings is 1. The van der Waals surface area contributed by atoms with Crippen LogP contribution in [-0.4, -0.2) is 43.8 Å². The standard InChI is InChI=1S/C17H21N3O4S/c21-16-7-4-13-12-14(5-6-15(13)19-16)25(23,24)18-9-8-17(22)20-10-2-1-3-11-20/h4-7,12,18H,1-3,8-11H2,(H,19,21). The molecule has 1 aromatic carbocycles. The molecule has 1 aliphatic rings. The topological polar surface area (TPSA) is 99.3 Å². The number of fused-ring (bicyclic) bond motifs is 1. The maximum atomic E-state index is 12.4. The predicted molar refractivity (Wildman–Crippen MR) is 94.8 cm³/mol. The highest BCUT2D eigenvalue weighted by Crippen LogP contribution is 2.16. The van der Waals surface area contributed by atoms with E-state index in [9.17, 15) is 18.0 Å². The molecule has 1 aromatic heterocycles. The molecule has 0 saturated carbocycles. The Morgan fingerprint density at radius 1 is 1.12 bits per heavy atom. The van der Waals surface area contributed by atoms with Gasteiger partial charge in [-0.05, 0) is 48.9 Å². The molecule has 0 radical (unpaired) electrons. The Hall–Kier alpha value is -2.19. The first kappa shape index (κ1) is 17.6. The average Bonchev–Trinajstić information content (AvgIpc) is 2.61. The van der Waals surface area contributed by atoms with Crippen molar-refractivity contribution >= 4 is 26.8 Å². The number of aromatic nitrogens is 1. The van der Waals surface area contributed by atoms with Gasteiger partial charge in [0, 0.05) is 37.6 Å². The molecule has 0 aliphatic carbocycles. The van der Waals surface area contributed by atoms with E-state index in [1.165, 1.54) is 18.2 Å². The van der Waals surface area contributed by atoms with Crippen molar-refractivity contribution in [1.82, 2.24) is 14.6 Å². The van der Waals surface area contributed by atoms with Gasteiger partial charge < -0.3 is 9.88 Å². The summed E-state index contributed by atoms with van der Waals surface area (Å²) in [6, 6.07) is 7.42. The fraction of sp³-hybridized carbons (Fsp3) is 0.412. The molecule has 1 fully saturated rings. The summed E-state index contributed by atoms with van der Waals surface area (Å²) >= 11 is 0. The highest BCUT2D eigenvalue weighted by molar-refractivity contribution is 7.89. The van der Waals surface area contributed by atoms with Crippen LogP contribution in [0.4, 0.5) is 0 Å². The van der Waals surface area contributed by atoms with Crippen molar-refractivity contribution in [1.29, 1.82) is 0 Å². The van der Waals surface area contributed by atoms with E-state index in [4.69, 9.17) is 0 Å². The van der Waals surface area contributed by atoms with Crippen LogP contribution in [0.25, 0.3) is 10.9 Å². The van der Waals surface area contributed by atoms with Gasteiger partial charge in [-0.25, -0.2) is 13.1 Å². The van der Waals surface area contributed by atoms with Crippen molar-refractivity contribution in [3.63, 3.8) is 0 Å². The van der Waals surface area contributed by atoms with Gasteiger partial charge in [0.1, 0.15) is 0 Å². The minimum atomic E-state index is -3.70. The second-order valence-electron chi connectivity index (χ2n) is 6.16. The van der Waals surface area contributed by atoms with Crippen molar-refractivity contribution in [3.05, 3.63) is 40.7 Å². The van der Waals surface area contributed by atoms with Gasteiger partial charge in [0.15, 0.2) is 0 Å². The lowest BCUT2D eigenvalue weighted by molar-refractivity contribution is -0.131. The van der Waals surface area contributed by atoms with Crippen molar-refractivity contribution in [3.8, 4) is 0 Å². The van der Waals surface area contributed by atoms with Gasteiger partial charge in [-0.3, -0.25) is 9.59 Å². The summed E-state index contributed by atoms with van der Waals surface area (Å²) in [7, 11) is -3.70. The van der Waals surface area contributed by atoms with E-state index in [0.29, 0.717) is 10.9 Å². The lowest BCUT2D eigenvalue weighted by atomic mass is 10.1. The van der Waals surface area contributed by atoms with Crippen LogP contribution in [0.3, 0.4) is 0 Å². The monoisotopic (exact) mass is 363 g/mol. The maximum Gasteiger partial charge on any atom is 0.248 e. The number of hydrogen-bond acceptors (Lipinski definition) is 4. The van der Waals surface area contributed by atoms with Crippen molar-refractivity contribution < 1.29 is 13.2 Å². The number of pyridine rings is 1. The van der Waals surface area contributed by atoms with E-state index in [2.05, 4.69) is 9.71 Å². The number of sulfonamides is 1. The van der Waals surface area contributed by atoms with Crippen LogP contribution in [0.2, 0.25) is 0 Å². The van der Waals surface area contributed by atoms with Gasteiger partial charge in [0.05, 0.1) is 4.90 Å². The summed E-state index contributed by atoms with van der Waals surface area (Å²) in [4.78, 5) is 27.9. The number of aromatic amines is 1. The van der Waals surface area contributed by atoms with E-state index in [1.54, 1.807) is 17.0 Å². The zero-order valence-corrected chi connectivity index (χ0v) is 14.6. The molecule has 0 atom stereocenters. The summed E-state index contributed by atoms with van der Waals surface area (Å²) in [6.45, 7) is 1.59. The van der Waals surface area contributed by atoms with E-state index < -0.39 is 10.0 Å². The third kappa shape index (κ3) is 4.26. The molecule has 0 unspecified atom stereocenters. The first-order valence-electron chi connectivity index (χ1n) is 8.36. The summed E-state index contributed by atoms with van der Waals surface area (Å²) in [5, 5.41) is 0.631. The van der Waals surface area contributed by atoms with Gasteiger partial charge >= 0.3 is 0 Å². The fourth-order valence-electron chi connectivity index (χ4n) is 2.98. The normalized spacial score (nSPS) is 15.4. The zero-order chi connectivity index (χ0) is 17.9. The second-order valence-corrected chi connectivity index (χ2v) is 7.93. The molecule has 0 spiro atoms. The van der Waals surface area contributed by atoms with Crippen LogP contribution in [0, 0.1) is 0 Å². The third-order valence-corrected chi connectivity index (χ3v) is 5.80. The molecule has 134 valence electrons. The lowest BCUT2D eigenvalue weighted by Gasteiger charge is -2.26. The Balaban J connectivity index is 1.64. The maximum absolute atomic E-state index is 12.4. The summed E-state index contributed by atoms with van der Waals surface area (Å²) < 4.78 is 27.3. The quantitative estimate of drug-likeness (QED) is 0.834. The highest BCUT2D eigenvalue weighted by Gasteiger charge is 2.18. The minimum Gasteiger partial charge on any atom is -0.343 e. The van der Waals surface area contributed by atoms with Gasteiger partial charge in [0.25, 0.3) is 0 Å². The third-order valence-electron chi connectivity index (χ3n) is 4.35. The van der Waals surface area contributed by atoms with Gasteiger partial charge in [-0.15, -0.1) is 0 Å². The van der Waals surface area contributed by atoms with Crippen LogP contribution >= 0.6 is 0 Å². The summed E-state index contributed by atoms with van der Waals surface area (Å²) in [5.74, 6) is -0.0153. The van der Waals surface area contributed by atoms with Crippen LogP contribution in [0.5, 0.6) is 0 Å². The Bertz CT molecular complexity index is 930. The molecule has 0 bridgehead atoms. The smallest absolute Gasteiger partial charge is 0.248 e. The molecule has 7 nitrogen and oxygen atoms in total.